The van der Waals surface area contributed by atoms with E-state index < -0.39 is 0 Å². The van der Waals surface area contributed by atoms with Crippen molar-refractivity contribution in [2.24, 2.45) is 10.7 Å². The van der Waals surface area contributed by atoms with Gasteiger partial charge in [-0.15, -0.1) is 0 Å². The first-order chi connectivity index (χ1) is 8.90. The third kappa shape index (κ3) is 3.32. The summed E-state index contributed by atoms with van der Waals surface area (Å²) in [6.07, 6.45) is 4.28. The highest BCUT2D eigenvalue weighted by molar-refractivity contribution is 5.72. The lowest BCUT2D eigenvalue weighted by Gasteiger charge is -2.02. The Balaban J connectivity index is 2.21. The molecule has 0 saturated heterocycles. The van der Waals surface area contributed by atoms with Crippen LogP contribution in [0.4, 0.5) is 0 Å². The first-order valence-electron chi connectivity index (χ1n) is 5.94. The van der Waals surface area contributed by atoms with Crippen molar-refractivity contribution in [1.29, 1.82) is 0 Å². The van der Waals surface area contributed by atoms with Crippen molar-refractivity contribution in [2.45, 2.75) is 6.42 Å². The molecule has 2 aromatic carbocycles. The van der Waals surface area contributed by atoms with Gasteiger partial charge in [-0.2, -0.15) is 0 Å². The van der Waals surface area contributed by atoms with Crippen molar-refractivity contribution in [3.05, 3.63) is 77.9 Å². The first kappa shape index (κ1) is 12.1. The van der Waals surface area contributed by atoms with Crippen LogP contribution in [0.25, 0.3) is 5.70 Å². The highest BCUT2D eigenvalue weighted by atomic mass is 14.8. The Labute approximate surface area is 107 Å². The fraction of sp³-hybridized carbons (Fsp3) is 0.0625. The van der Waals surface area contributed by atoms with Crippen LogP contribution >= 0.6 is 0 Å². The molecule has 0 saturated carbocycles. The molecule has 0 radical (unpaired) electrons. The number of benzene rings is 2. The van der Waals surface area contributed by atoms with Crippen LogP contribution in [0.15, 0.2) is 71.7 Å². The largest absolute Gasteiger partial charge is 0.390 e. The van der Waals surface area contributed by atoms with Gasteiger partial charge in [0.25, 0.3) is 0 Å². The van der Waals surface area contributed by atoms with E-state index in [1.54, 1.807) is 0 Å². The minimum absolute atomic E-state index is 0.850. The van der Waals surface area contributed by atoms with E-state index in [0.717, 1.165) is 17.7 Å². The van der Waals surface area contributed by atoms with Crippen LogP contribution in [0.1, 0.15) is 11.1 Å². The Morgan fingerprint density at radius 2 is 1.56 bits per heavy atom. The molecular formula is C16H16N2. The number of allylic oxidation sites excluding steroid dienone is 1. The maximum atomic E-state index is 5.40. The molecule has 0 atom stereocenters. The molecular weight excluding hydrogens is 220 g/mol. The van der Waals surface area contributed by atoms with Gasteiger partial charge in [-0.05, 0) is 17.5 Å². The summed E-state index contributed by atoms with van der Waals surface area (Å²) in [7, 11) is 0. The van der Waals surface area contributed by atoms with Crippen LogP contribution in [-0.2, 0) is 6.42 Å². The number of hydrogen-bond donors (Lipinski definition) is 1. The minimum atomic E-state index is 0.850. The quantitative estimate of drug-likeness (QED) is 0.642. The third-order valence-corrected chi connectivity index (χ3v) is 2.66. The first-order valence-corrected chi connectivity index (χ1v) is 5.94. The molecule has 0 spiro atoms. The molecule has 0 heterocycles. The molecule has 0 aliphatic heterocycles. The second-order valence-electron chi connectivity index (χ2n) is 3.92. The summed E-state index contributed by atoms with van der Waals surface area (Å²) in [6, 6.07) is 20.3. The van der Waals surface area contributed by atoms with E-state index in [0.29, 0.717) is 0 Å². The van der Waals surface area contributed by atoms with Gasteiger partial charge in [0.2, 0.25) is 0 Å². The molecule has 0 fully saturated rings. The summed E-state index contributed by atoms with van der Waals surface area (Å²) < 4.78 is 0. The molecule has 0 aliphatic carbocycles. The van der Waals surface area contributed by atoms with E-state index >= 15 is 0 Å². The normalized spacial score (nSPS) is 11.9. The minimum Gasteiger partial charge on any atom is -0.390 e. The predicted molar refractivity (Wildman–Crippen MR) is 77.2 cm³/mol. The smallest absolute Gasteiger partial charge is 0.0860 e. The van der Waals surface area contributed by atoms with Gasteiger partial charge in [0, 0.05) is 0 Å². The van der Waals surface area contributed by atoms with Gasteiger partial charge < -0.3 is 5.73 Å². The highest BCUT2D eigenvalue weighted by Gasteiger charge is 1.98. The molecule has 90 valence electrons. The standard InChI is InChI=1S/C16H16N2/c17-13-18-16(15-9-5-2-6-10-15)12-11-14-7-3-1-4-8-14/h1-10,12-13H,11H2,(H2,17,18)/b16-12-. The highest BCUT2D eigenvalue weighted by Crippen LogP contribution is 2.16. The van der Waals surface area contributed by atoms with Gasteiger partial charge in [0.15, 0.2) is 0 Å². The zero-order valence-electron chi connectivity index (χ0n) is 10.2. The summed E-state index contributed by atoms with van der Waals surface area (Å²) in [6.45, 7) is 0. The maximum Gasteiger partial charge on any atom is 0.0860 e. The van der Waals surface area contributed by atoms with Gasteiger partial charge in [-0.3, -0.25) is 0 Å². The number of hydrogen-bond acceptors (Lipinski definition) is 1. The van der Waals surface area contributed by atoms with Crippen LogP contribution < -0.4 is 5.73 Å². The summed E-state index contributed by atoms with van der Waals surface area (Å²) in [4.78, 5) is 4.22. The molecule has 2 aromatic rings. The molecule has 0 unspecified atom stereocenters. The van der Waals surface area contributed by atoms with E-state index in [1.165, 1.54) is 11.9 Å². The molecule has 0 aromatic heterocycles. The third-order valence-electron chi connectivity index (χ3n) is 2.66. The number of rotatable bonds is 4. The van der Waals surface area contributed by atoms with Crippen LogP contribution in [0.5, 0.6) is 0 Å². The average molecular weight is 236 g/mol. The summed E-state index contributed by atoms with van der Waals surface area (Å²) >= 11 is 0. The fourth-order valence-corrected chi connectivity index (χ4v) is 1.76. The number of nitrogens with zero attached hydrogens (tertiary/aromatic N) is 1. The van der Waals surface area contributed by atoms with Gasteiger partial charge >= 0.3 is 0 Å². The summed E-state index contributed by atoms with van der Waals surface area (Å²) in [5.74, 6) is 0. The Hall–Kier alpha value is -2.35. The Bertz CT molecular complexity index is 528. The zero-order chi connectivity index (χ0) is 12.6. The van der Waals surface area contributed by atoms with Crippen molar-refractivity contribution >= 4 is 12.0 Å². The van der Waals surface area contributed by atoms with Crippen molar-refractivity contribution < 1.29 is 0 Å². The SMILES string of the molecule is NC=N/C(=C\Cc1ccccc1)c1ccccc1. The van der Waals surface area contributed by atoms with Crippen molar-refractivity contribution in [2.75, 3.05) is 0 Å². The lowest BCUT2D eigenvalue weighted by molar-refractivity contribution is 1.26. The maximum absolute atomic E-state index is 5.40. The van der Waals surface area contributed by atoms with E-state index in [1.807, 2.05) is 48.5 Å². The van der Waals surface area contributed by atoms with Crippen LogP contribution in [0.2, 0.25) is 0 Å². The van der Waals surface area contributed by atoms with Gasteiger partial charge in [-0.25, -0.2) is 4.99 Å². The molecule has 0 bridgehead atoms. The van der Waals surface area contributed by atoms with Crippen LogP contribution in [0, 0.1) is 0 Å². The van der Waals surface area contributed by atoms with Gasteiger partial charge in [-0.1, -0.05) is 66.7 Å². The Morgan fingerprint density at radius 1 is 0.944 bits per heavy atom. The second-order valence-corrected chi connectivity index (χ2v) is 3.92. The number of nitrogens with two attached hydrogens (primary N) is 1. The summed E-state index contributed by atoms with van der Waals surface area (Å²) in [5, 5.41) is 0. The Kier molecular flexibility index (Phi) is 4.31. The molecule has 0 aliphatic rings. The van der Waals surface area contributed by atoms with E-state index in [2.05, 4.69) is 23.2 Å². The van der Waals surface area contributed by atoms with Crippen LogP contribution in [0.3, 0.4) is 0 Å². The topological polar surface area (TPSA) is 38.4 Å². The van der Waals surface area contributed by atoms with Crippen molar-refractivity contribution in [1.82, 2.24) is 0 Å². The summed E-state index contributed by atoms with van der Waals surface area (Å²) in [5.41, 5.74) is 8.65. The molecule has 18 heavy (non-hydrogen) atoms. The van der Waals surface area contributed by atoms with E-state index in [9.17, 15) is 0 Å². The molecule has 0 amide bonds. The Morgan fingerprint density at radius 3 is 2.17 bits per heavy atom. The van der Waals surface area contributed by atoms with E-state index in [-0.39, 0.29) is 0 Å². The number of aliphatic imine (C=N–C) groups is 1. The molecule has 2 rings (SSSR count). The van der Waals surface area contributed by atoms with E-state index in [4.69, 9.17) is 5.73 Å². The van der Waals surface area contributed by atoms with Crippen molar-refractivity contribution in [3.8, 4) is 0 Å². The lowest BCUT2D eigenvalue weighted by Crippen LogP contribution is -1.91. The average Bonchev–Trinajstić information content (AvgIpc) is 2.45. The molecule has 2 heteroatoms. The lowest BCUT2D eigenvalue weighted by atomic mass is 10.1. The second kappa shape index (κ2) is 6.40. The van der Waals surface area contributed by atoms with Crippen LogP contribution in [-0.4, -0.2) is 6.34 Å². The fourth-order valence-electron chi connectivity index (χ4n) is 1.76. The molecule has 2 N–H and O–H groups in total. The zero-order valence-corrected chi connectivity index (χ0v) is 10.2. The van der Waals surface area contributed by atoms with Gasteiger partial charge in [0.05, 0.1) is 12.0 Å². The van der Waals surface area contributed by atoms with Gasteiger partial charge in [0.1, 0.15) is 0 Å². The predicted octanol–water partition coefficient (Wildman–Crippen LogP) is 3.26. The van der Waals surface area contributed by atoms with Crippen molar-refractivity contribution in [3.63, 3.8) is 0 Å². The molecule has 2 nitrogen and oxygen atoms in total. The monoisotopic (exact) mass is 236 g/mol.